The number of carbonyl (C=O) groups excluding carboxylic acids is 2. The van der Waals surface area contributed by atoms with Gasteiger partial charge in [0.05, 0.1) is 13.2 Å². The summed E-state index contributed by atoms with van der Waals surface area (Å²) in [4.78, 5) is 44.2. The van der Waals surface area contributed by atoms with E-state index in [0.29, 0.717) is 12.8 Å². The van der Waals surface area contributed by atoms with Crippen molar-refractivity contribution in [2.75, 3.05) is 19.8 Å². The summed E-state index contributed by atoms with van der Waals surface area (Å²) in [5.41, 5.74) is 0. The second-order valence-corrected chi connectivity index (χ2v) is 15.5. The van der Waals surface area contributed by atoms with Crippen LogP contribution < -0.4 is 0 Å². The van der Waals surface area contributed by atoms with Gasteiger partial charge in [-0.15, -0.1) is 0 Å². The lowest BCUT2D eigenvalue weighted by molar-refractivity contribution is -0.164. The van der Waals surface area contributed by atoms with Gasteiger partial charge in [-0.3, -0.25) is 14.2 Å². The molecule has 0 bridgehead atoms. The lowest BCUT2D eigenvalue weighted by Gasteiger charge is -2.25. The fraction of sp³-hybridized carbons (Fsp3) is 0.762. The van der Waals surface area contributed by atoms with E-state index in [1.807, 2.05) is 0 Å². The molecule has 0 aromatic carbocycles. The maximum absolute atomic E-state index is 12.6. The maximum atomic E-state index is 12.6. The molecule has 0 aromatic heterocycles. The Morgan fingerprint density at radius 3 is 1.43 bits per heavy atom. The van der Waals surface area contributed by atoms with Gasteiger partial charge in [0, 0.05) is 12.8 Å². The van der Waals surface area contributed by atoms with Crippen LogP contribution >= 0.6 is 7.60 Å². The smallest absolute Gasteiger partial charge is 0.356 e. The summed E-state index contributed by atoms with van der Waals surface area (Å²) in [7, 11) is -4.96. The van der Waals surface area contributed by atoms with Crippen molar-refractivity contribution in [3.05, 3.63) is 48.6 Å². The highest BCUT2D eigenvalue weighted by atomic mass is 31.2. The Morgan fingerprint density at radius 1 is 0.585 bits per heavy atom. The van der Waals surface area contributed by atoms with E-state index in [2.05, 4.69) is 62.5 Å². The molecule has 10 nitrogen and oxygen atoms in total. The molecule has 0 saturated heterocycles. The third kappa shape index (κ3) is 34.2. The summed E-state index contributed by atoms with van der Waals surface area (Å²) >= 11 is 0. The van der Waals surface area contributed by atoms with Crippen LogP contribution in [0.25, 0.3) is 0 Å². The Labute approximate surface area is 321 Å². The van der Waals surface area contributed by atoms with Gasteiger partial charge in [0.25, 0.3) is 0 Å². The molecule has 0 amide bonds. The molecule has 308 valence electrons. The molecule has 11 heteroatoms. The molecule has 0 aromatic rings. The summed E-state index contributed by atoms with van der Waals surface area (Å²) < 4.78 is 27.8. The van der Waals surface area contributed by atoms with Gasteiger partial charge in [-0.2, -0.15) is 0 Å². The molecule has 0 heterocycles. The van der Waals surface area contributed by atoms with Crippen LogP contribution in [0.1, 0.15) is 168 Å². The molecule has 0 rings (SSSR count). The van der Waals surface area contributed by atoms with E-state index in [4.69, 9.17) is 14.2 Å². The standard InChI is InChI=1S/C42H75O10P/c1-3-5-7-9-11-13-15-17-19-21-23-25-27-29-31-33-40(45)50-36-38(37-51-42(39(44)35-43)53(47,48)49)52-41(46)34-32-30-28-26-24-22-20-18-16-14-12-10-8-6-4-2/h11-14,17-20,38-39,42-44H,3-10,15-16,21-37H2,1-2H3,(H2,47,48,49)/b13-11-,14-12-,19-17-,20-18-/t38-,39?,42?/m1/s1. The molecular formula is C42H75O10P. The minimum absolute atomic E-state index is 0.141. The van der Waals surface area contributed by atoms with Crippen molar-refractivity contribution in [3.8, 4) is 0 Å². The van der Waals surface area contributed by atoms with Crippen molar-refractivity contribution < 1.29 is 48.4 Å². The predicted molar refractivity (Wildman–Crippen MR) is 214 cm³/mol. The first-order chi connectivity index (χ1) is 25.6. The summed E-state index contributed by atoms with van der Waals surface area (Å²) in [5.74, 6) is -3.02. The summed E-state index contributed by atoms with van der Waals surface area (Å²) in [5, 5.41) is 19.1. The normalized spacial score (nSPS) is 14.2. The third-order valence-corrected chi connectivity index (χ3v) is 9.85. The van der Waals surface area contributed by atoms with Crippen molar-refractivity contribution >= 4 is 19.5 Å². The van der Waals surface area contributed by atoms with E-state index in [1.165, 1.54) is 38.5 Å². The zero-order valence-corrected chi connectivity index (χ0v) is 34.0. The van der Waals surface area contributed by atoms with Crippen LogP contribution in [0.3, 0.4) is 0 Å². The maximum Gasteiger partial charge on any atom is 0.356 e. The summed E-state index contributed by atoms with van der Waals surface area (Å²) in [6.07, 6.45) is 38.4. The SMILES string of the molecule is CCCCC/C=C\C/C=C\CCCCCCCC(=O)OC[C@H](COC(C(O)CO)P(=O)(O)O)OC(=O)CCCCCCC/C=C\C/C=C\CCCCC. The number of aliphatic hydroxyl groups excluding tert-OH is 2. The molecule has 2 unspecified atom stereocenters. The molecular weight excluding hydrogens is 695 g/mol. The zero-order chi connectivity index (χ0) is 39.3. The number of aliphatic hydroxyl groups is 2. The lowest BCUT2D eigenvalue weighted by Crippen LogP contribution is -2.37. The largest absolute Gasteiger partial charge is 0.462 e. The third-order valence-electron chi connectivity index (χ3n) is 8.69. The Hall–Kier alpha value is -2.07. The van der Waals surface area contributed by atoms with Crippen molar-refractivity contribution in [3.63, 3.8) is 0 Å². The van der Waals surface area contributed by atoms with Crippen LogP contribution in [0.15, 0.2) is 48.6 Å². The fourth-order valence-electron chi connectivity index (χ4n) is 5.51. The van der Waals surface area contributed by atoms with Crippen LogP contribution in [0.2, 0.25) is 0 Å². The molecule has 0 aliphatic heterocycles. The van der Waals surface area contributed by atoms with Gasteiger partial charge in [0.1, 0.15) is 12.7 Å². The Balaban J connectivity index is 4.46. The first kappa shape index (κ1) is 50.9. The lowest BCUT2D eigenvalue weighted by atomic mass is 10.1. The van der Waals surface area contributed by atoms with Crippen molar-refractivity contribution in [2.45, 2.75) is 186 Å². The Kier molecular flexibility index (Phi) is 35.4. The van der Waals surface area contributed by atoms with E-state index in [-0.39, 0.29) is 19.4 Å². The number of ether oxygens (including phenoxy) is 3. The molecule has 3 atom stereocenters. The monoisotopic (exact) mass is 771 g/mol. The quantitative estimate of drug-likeness (QED) is 0.0207. The van der Waals surface area contributed by atoms with Crippen LogP contribution in [0.5, 0.6) is 0 Å². The highest BCUT2D eigenvalue weighted by molar-refractivity contribution is 7.52. The van der Waals surface area contributed by atoms with Crippen LogP contribution in [-0.2, 0) is 28.4 Å². The predicted octanol–water partition coefficient (Wildman–Crippen LogP) is 9.94. The molecule has 0 spiro atoms. The van der Waals surface area contributed by atoms with E-state index in [1.54, 1.807) is 0 Å². The highest BCUT2D eigenvalue weighted by Gasteiger charge is 2.37. The molecule has 0 radical (unpaired) electrons. The summed E-state index contributed by atoms with van der Waals surface area (Å²) in [6.45, 7) is 2.61. The van der Waals surface area contributed by atoms with Crippen LogP contribution in [0.4, 0.5) is 0 Å². The Morgan fingerprint density at radius 2 is 1.00 bits per heavy atom. The minimum atomic E-state index is -4.96. The van der Waals surface area contributed by atoms with E-state index < -0.39 is 50.8 Å². The topological polar surface area (TPSA) is 160 Å². The van der Waals surface area contributed by atoms with E-state index in [0.717, 1.165) is 89.9 Å². The van der Waals surface area contributed by atoms with Gasteiger partial charge in [-0.1, -0.05) is 127 Å². The zero-order valence-electron chi connectivity index (χ0n) is 33.1. The number of hydrogen-bond donors (Lipinski definition) is 4. The second-order valence-electron chi connectivity index (χ2n) is 13.8. The molecule has 0 fully saturated rings. The minimum Gasteiger partial charge on any atom is -0.462 e. The van der Waals surface area contributed by atoms with Gasteiger partial charge in [-0.05, 0) is 77.0 Å². The summed E-state index contributed by atoms with van der Waals surface area (Å²) in [6, 6.07) is 0. The average Bonchev–Trinajstić information content (AvgIpc) is 3.13. The Bertz CT molecular complexity index is 1030. The fourth-order valence-corrected chi connectivity index (χ4v) is 6.33. The number of unbranched alkanes of at least 4 members (excludes halogenated alkanes) is 16. The van der Waals surface area contributed by atoms with Gasteiger partial charge in [-0.25, -0.2) is 0 Å². The highest BCUT2D eigenvalue weighted by Crippen LogP contribution is 2.43. The number of hydrogen-bond acceptors (Lipinski definition) is 8. The number of allylic oxidation sites excluding steroid dienone is 8. The second kappa shape index (κ2) is 36.9. The number of carbonyl (C=O) groups is 2. The molecule has 0 aliphatic rings. The molecule has 53 heavy (non-hydrogen) atoms. The van der Waals surface area contributed by atoms with Crippen molar-refractivity contribution in [1.29, 1.82) is 0 Å². The van der Waals surface area contributed by atoms with Gasteiger partial charge in [0.15, 0.2) is 11.9 Å². The number of esters is 2. The molecule has 0 saturated carbocycles. The van der Waals surface area contributed by atoms with Crippen molar-refractivity contribution in [2.24, 2.45) is 0 Å². The first-order valence-corrected chi connectivity index (χ1v) is 22.2. The number of rotatable bonds is 37. The van der Waals surface area contributed by atoms with Gasteiger partial charge in [0.2, 0.25) is 0 Å². The van der Waals surface area contributed by atoms with Gasteiger partial charge >= 0.3 is 19.5 Å². The van der Waals surface area contributed by atoms with E-state index >= 15 is 0 Å². The molecule has 0 aliphatic carbocycles. The first-order valence-electron chi connectivity index (χ1n) is 20.6. The van der Waals surface area contributed by atoms with Crippen LogP contribution in [-0.4, -0.2) is 69.8 Å². The average molecular weight is 771 g/mol. The van der Waals surface area contributed by atoms with Crippen LogP contribution in [0, 0.1) is 0 Å². The van der Waals surface area contributed by atoms with Crippen molar-refractivity contribution in [1.82, 2.24) is 0 Å². The van der Waals surface area contributed by atoms with Gasteiger partial charge < -0.3 is 34.2 Å². The molecule has 4 N–H and O–H groups in total. The van der Waals surface area contributed by atoms with E-state index in [9.17, 15) is 34.2 Å².